The van der Waals surface area contributed by atoms with Crippen LogP contribution in [-0.4, -0.2) is 79.5 Å². The van der Waals surface area contributed by atoms with Crippen LogP contribution in [0.25, 0.3) is 0 Å². The minimum absolute atomic E-state index is 0.0116. The Balaban J connectivity index is 1.72. The highest BCUT2D eigenvalue weighted by Gasteiger charge is 2.77. The summed E-state index contributed by atoms with van der Waals surface area (Å²) in [5.74, 6) is 0.240. The van der Waals surface area contributed by atoms with E-state index in [1.54, 1.807) is 7.11 Å². The number of unbranched alkanes of at least 4 members (excludes halogenated alkanes) is 1. The Bertz CT molecular complexity index is 1110. The van der Waals surface area contributed by atoms with Crippen molar-refractivity contribution in [2.75, 3.05) is 38.7 Å². The van der Waals surface area contributed by atoms with Crippen LogP contribution in [0.4, 0.5) is 5.69 Å². The molecule has 4 aliphatic rings. The molecule has 6 atom stereocenters. The highest BCUT2D eigenvalue weighted by Crippen LogP contribution is 2.67. The van der Waals surface area contributed by atoms with E-state index < -0.39 is 34.5 Å². The second kappa shape index (κ2) is 9.31. The van der Waals surface area contributed by atoms with Crippen molar-refractivity contribution in [3.63, 3.8) is 0 Å². The highest BCUT2D eigenvalue weighted by molar-refractivity contribution is 5.76. The summed E-state index contributed by atoms with van der Waals surface area (Å²) in [6, 6.07) is 5.83. The van der Waals surface area contributed by atoms with Crippen molar-refractivity contribution in [1.29, 1.82) is 0 Å². The zero-order valence-corrected chi connectivity index (χ0v) is 22.8. The molecule has 1 saturated carbocycles. The summed E-state index contributed by atoms with van der Waals surface area (Å²) < 4.78 is 11.7. The van der Waals surface area contributed by atoms with Crippen LogP contribution in [0.2, 0.25) is 0 Å². The lowest BCUT2D eigenvalue weighted by atomic mass is 9.47. The van der Waals surface area contributed by atoms with Gasteiger partial charge in [0.15, 0.2) is 0 Å². The van der Waals surface area contributed by atoms with Crippen molar-refractivity contribution < 1.29 is 24.2 Å². The van der Waals surface area contributed by atoms with Gasteiger partial charge in [0.2, 0.25) is 5.91 Å². The number of ether oxygens (including phenoxy) is 2. The van der Waals surface area contributed by atoms with Gasteiger partial charge in [0, 0.05) is 55.6 Å². The molecule has 2 fully saturated rings. The van der Waals surface area contributed by atoms with Crippen molar-refractivity contribution in [3.8, 4) is 5.75 Å². The van der Waals surface area contributed by atoms with E-state index in [4.69, 9.17) is 9.47 Å². The smallest absolute Gasteiger partial charge is 0.303 e. The number of aliphatic hydroxyl groups is 1. The molecule has 0 radical (unpaired) electrons. The Morgan fingerprint density at radius 3 is 2.70 bits per heavy atom. The Morgan fingerprint density at radius 2 is 2.03 bits per heavy atom. The number of likely N-dealkylation sites (N-methyl/N-ethyl adjacent to an activating group) is 1. The van der Waals surface area contributed by atoms with Crippen molar-refractivity contribution in [2.45, 2.75) is 82.1 Å². The molecule has 1 aromatic carbocycles. The fraction of sp³-hybridized carbons (Fsp3) is 0.655. The predicted molar refractivity (Wildman–Crippen MR) is 142 cm³/mol. The fourth-order valence-electron chi connectivity index (χ4n) is 8.31. The van der Waals surface area contributed by atoms with E-state index in [9.17, 15) is 14.7 Å². The number of hydrogen-bond donors (Lipinski definition) is 2. The number of fused-ring (bicyclic) bond motifs is 1. The number of amides is 1. The van der Waals surface area contributed by atoms with Crippen LogP contribution in [-0.2, 0) is 19.7 Å². The third-order valence-electron chi connectivity index (χ3n) is 9.54. The van der Waals surface area contributed by atoms with Gasteiger partial charge in [-0.25, -0.2) is 0 Å². The van der Waals surface area contributed by atoms with Crippen LogP contribution < -0.4 is 15.0 Å². The molecule has 1 amide bonds. The van der Waals surface area contributed by atoms with E-state index in [2.05, 4.69) is 40.3 Å². The fourth-order valence-corrected chi connectivity index (χ4v) is 8.31. The van der Waals surface area contributed by atoms with E-state index in [0.29, 0.717) is 12.8 Å². The number of esters is 1. The quantitative estimate of drug-likeness (QED) is 0.410. The monoisotopic (exact) mass is 511 g/mol. The lowest BCUT2D eigenvalue weighted by molar-refractivity contribution is -0.217. The lowest BCUT2D eigenvalue weighted by Gasteiger charge is -2.64. The number of hydrogen-bond acceptors (Lipinski definition) is 7. The maximum Gasteiger partial charge on any atom is 0.303 e. The van der Waals surface area contributed by atoms with E-state index in [-0.39, 0.29) is 18.5 Å². The molecule has 1 aromatic rings. The number of anilines is 1. The molecule has 1 saturated heterocycles. The van der Waals surface area contributed by atoms with Gasteiger partial charge in [-0.2, -0.15) is 0 Å². The number of methoxy groups -OCH3 is 1. The third kappa shape index (κ3) is 3.55. The Hall–Kier alpha value is -2.58. The minimum atomic E-state index is -1.53. The SMILES string of the molecule is CCCCC(=O)NC[C@@]1(O)[C@H](OC(C)=O)[C@]2(CC)C=CCN3CC[C@@]4(c5ccc(OC)cc5N(C)[C@@H]14)[C@@H]32. The second-order valence-corrected chi connectivity index (χ2v) is 11.3. The molecule has 202 valence electrons. The van der Waals surface area contributed by atoms with Crippen LogP contribution in [0.15, 0.2) is 30.4 Å². The molecule has 37 heavy (non-hydrogen) atoms. The molecular formula is C29H41N3O5. The number of nitrogens with one attached hydrogen (secondary N) is 1. The average Bonchev–Trinajstić information content (AvgIpc) is 3.40. The summed E-state index contributed by atoms with van der Waals surface area (Å²) >= 11 is 0. The second-order valence-electron chi connectivity index (χ2n) is 11.3. The van der Waals surface area contributed by atoms with Gasteiger partial charge < -0.3 is 24.8 Å². The largest absolute Gasteiger partial charge is 0.497 e. The predicted octanol–water partition coefficient (Wildman–Crippen LogP) is 2.77. The lowest BCUT2D eigenvalue weighted by Crippen LogP contribution is -2.81. The Morgan fingerprint density at radius 1 is 1.24 bits per heavy atom. The number of nitrogens with zero attached hydrogens (tertiary/aromatic N) is 2. The molecule has 8 heteroatoms. The summed E-state index contributed by atoms with van der Waals surface area (Å²) in [4.78, 5) is 30.0. The standard InChI is InChI=1S/C29H41N3O5/c1-6-8-10-23(34)30-18-29(35)25-28(21-12-11-20(36-5)17-22(21)31(25)4)14-16-32-15-9-13-27(7-2,24(28)32)26(29)37-19(3)33/h9,11-13,17,24-26,35H,6-8,10,14-16,18H2,1-5H3,(H,30,34)/t24-,25+,26+,27+,28+,29-/m0/s1. The van der Waals surface area contributed by atoms with E-state index >= 15 is 0 Å². The van der Waals surface area contributed by atoms with E-state index in [1.165, 1.54) is 12.5 Å². The first-order valence-corrected chi connectivity index (χ1v) is 13.7. The van der Waals surface area contributed by atoms with E-state index in [1.807, 2.05) is 26.1 Å². The van der Waals surface area contributed by atoms with Gasteiger partial charge in [-0.3, -0.25) is 14.5 Å². The van der Waals surface area contributed by atoms with Gasteiger partial charge in [0.05, 0.1) is 19.7 Å². The molecule has 0 bridgehead atoms. The maximum atomic E-state index is 12.9. The van der Waals surface area contributed by atoms with Gasteiger partial charge in [-0.05, 0) is 37.4 Å². The van der Waals surface area contributed by atoms with Crippen LogP contribution in [0, 0.1) is 5.41 Å². The van der Waals surface area contributed by atoms with Crippen LogP contribution in [0.5, 0.6) is 5.75 Å². The maximum absolute atomic E-state index is 12.9. The van der Waals surface area contributed by atoms with Crippen molar-refractivity contribution >= 4 is 17.6 Å². The normalized spacial score (nSPS) is 35.5. The average molecular weight is 512 g/mol. The molecule has 3 heterocycles. The number of benzene rings is 1. The minimum Gasteiger partial charge on any atom is -0.497 e. The summed E-state index contributed by atoms with van der Waals surface area (Å²) in [5.41, 5.74) is -0.333. The zero-order chi connectivity index (χ0) is 26.6. The van der Waals surface area contributed by atoms with Crippen LogP contribution >= 0.6 is 0 Å². The summed E-state index contributed by atoms with van der Waals surface area (Å²) in [7, 11) is 3.67. The van der Waals surface area contributed by atoms with Gasteiger partial charge in [0.1, 0.15) is 17.5 Å². The van der Waals surface area contributed by atoms with Gasteiger partial charge in [0.25, 0.3) is 0 Å². The zero-order valence-electron chi connectivity index (χ0n) is 22.8. The molecule has 1 aliphatic carbocycles. The number of carbonyl (C=O) groups is 2. The Kier molecular flexibility index (Phi) is 6.55. The molecule has 1 spiro atoms. The first kappa shape index (κ1) is 26.0. The Labute approximate surface area is 220 Å². The highest BCUT2D eigenvalue weighted by atomic mass is 16.6. The molecule has 0 unspecified atom stereocenters. The summed E-state index contributed by atoms with van der Waals surface area (Å²) in [5, 5.41) is 16.0. The summed E-state index contributed by atoms with van der Waals surface area (Å²) in [6.07, 6.45) is 7.19. The van der Waals surface area contributed by atoms with E-state index in [0.717, 1.165) is 43.8 Å². The topological polar surface area (TPSA) is 91.3 Å². The molecule has 8 nitrogen and oxygen atoms in total. The van der Waals surface area contributed by atoms with Crippen molar-refractivity contribution in [3.05, 3.63) is 35.9 Å². The third-order valence-corrected chi connectivity index (χ3v) is 9.54. The van der Waals surface area contributed by atoms with Crippen LogP contribution in [0.3, 0.4) is 0 Å². The van der Waals surface area contributed by atoms with Gasteiger partial charge in [-0.15, -0.1) is 0 Å². The molecule has 3 aliphatic heterocycles. The number of rotatable bonds is 8. The first-order valence-electron chi connectivity index (χ1n) is 13.7. The summed E-state index contributed by atoms with van der Waals surface area (Å²) in [6.45, 7) is 7.30. The van der Waals surface area contributed by atoms with Crippen LogP contribution in [0.1, 0.15) is 58.4 Å². The molecule has 0 aromatic heterocycles. The van der Waals surface area contributed by atoms with Gasteiger partial charge >= 0.3 is 5.97 Å². The molecular weight excluding hydrogens is 470 g/mol. The van der Waals surface area contributed by atoms with Gasteiger partial charge in [-0.1, -0.05) is 38.5 Å². The molecule has 5 rings (SSSR count). The van der Waals surface area contributed by atoms with Crippen molar-refractivity contribution in [2.24, 2.45) is 5.41 Å². The first-order chi connectivity index (χ1) is 17.7. The number of carbonyl (C=O) groups excluding carboxylic acids is 2. The molecule has 2 N–H and O–H groups in total. The van der Waals surface area contributed by atoms with Crippen molar-refractivity contribution in [1.82, 2.24) is 10.2 Å².